The lowest BCUT2D eigenvalue weighted by Crippen LogP contribution is -2.43. The van der Waals surface area contributed by atoms with Crippen LogP contribution in [0.2, 0.25) is 0 Å². The van der Waals surface area contributed by atoms with Crippen LogP contribution in [0, 0.1) is 0 Å². The van der Waals surface area contributed by atoms with E-state index in [1.165, 1.54) is 0 Å². The van der Waals surface area contributed by atoms with Crippen molar-refractivity contribution >= 4 is 22.6 Å². The number of guanidine groups is 1. The van der Waals surface area contributed by atoms with Gasteiger partial charge < -0.3 is 5.73 Å². The third kappa shape index (κ3) is 2.77. The highest BCUT2D eigenvalue weighted by Crippen LogP contribution is 2.40. The Morgan fingerprint density at radius 2 is 1.30 bits per heavy atom. The molecule has 0 saturated carbocycles. The third-order valence-electron chi connectivity index (χ3n) is 5.70. The monoisotopic (exact) mass is 391 g/mol. The van der Waals surface area contributed by atoms with Gasteiger partial charge in [0.15, 0.2) is 11.5 Å². The molecule has 0 atom stereocenters. The Bertz CT molecular complexity index is 1200. The summed E-state index contributed by atoms with van der Waals surface area (Å²) in [7, 11) is 0. The first-order valence-corrected chi connectivity index (χ1v) is 9.95. The lowest BCUT2D eigenvalue weighted by atomic mass is 9.83. The Kier molecular flexibility index (Phi) is 4.32. The Labute approximate surface area is 175 Å². The van der Waals surface area contributed by atoms with Gasteiger partial charge in [-0.1, -0.05) is 103 Å². The number of hydrogen-bond donors (Lipinski definition) is 1. The van der Waals surface area contributed by atoms with Crippen molar-refractivity contribution in [3.8, 4) is 0 Å². The number of rotatable bonds is 4. The van der Waals surface area contributed by atoms with E-state index in [0.717, 1.165) is 27.5 Å². The predicted octanol–water partition coefficient (Wildman–Crippen LogP) is 4.44. The fourth-order valence-corrected chi connectivity index (χ4v) is 4.23. The maximum Gasteiger partial charge on any atom is 0.266 e. The van der Waals surface area contributed by atoms with Gasteiger partial charge in [0, 0.05) is 0 Å². The molecule has 146 valence electrons. The summed E-state index contributed by atoms with van der Waals surface area (Å²) in [5.74, 6) is 0.103. The molecule has 30 heavy (non-hydrogen) atoms. The minimum Gasteiger partial charge on any atom is -0.369 e. The highest BCUT2D eigenvalue weighted by atomic mass is 16.2. The number of benzene rings is 4. The van der Waals surface area contributed by atoms with Crippen LogP contribution in [-0.2, 0) is 16.9 Å². The third-order valence-corrected chi connectivity index (χ3v) is 5.70. The van der Waals surface area contributed by atoms with Crippen molar-refractivity contribution in [3.05, 3.63) is 120 Å². The lowest BCUT2D eigenvalue weighted by Gasteiger charge is -2.27. The Morgan fingerprint density at radius 3 is 1.97 bits per heavy atom. The molecule has 0 saturated heterocycles. The molecule has 0 bridgehead atoms. The molecule has 1 amide bonds. The number of hydrogen-bond acceptors (Lipinski definition) is 3. The summed E-state index contributed by atoms with van der Waals surface area (Å²) < 4.78 is 0. The van der Waals surface area contributed by atoms with Crippen molar-refractivity contribution in [2.24, 2.45) is 10.7 Å². The average Bonchev–Trinajstić information content (AvgIpc) is 3.06. The van der Waals surface area contributed by atoms with Gasteiger partial charge in [-0.05, 0) is 27.5 Å². The zero-order valence-electron chi connectivity index (χ0n) is 16.4. The van der Waals surface area contributed by atoms with Gasteiger partial charge in [0.05, 0.1) is 6.54 Å². The molecule has 0 fully saturated rings. The molecular weight excluding hydrogens is 370 g/mol. The van der Waals surface area contributed by atoms with E-state index < -0.39 is 5.54 Å². The van der Waals surface area contributed by atoms with Crippen LogP contribution >= 0.6 is 0 Å². The van der Waals surface area contributed by atoms with E-state index in [2.05, 4.69) is 18.2 Å². The second-order valence-electron chi connectivity index (χ2n) is 7.44. The van der Waals surface area contributed by atoms with E-state index in [1.807, 2.05) is 84.9 Å². The molecule has 1 aliphatic rings. The maximum atomic E-state index is 13.9. The van der Waals surface area contributed by atoms with E-state index in [4.69, 9.17) is 10.7 Å². The lowest BCUT2D eigenvalue weighted by molar-refractivity contribution is -0.130. The van der Waals surface area contributed by atoms with Crippen LogP contribution in [0.4, 0.5) is 0 Å². The van der Waals surface area contributed by atoms with E-state index in [-0.39, 0.29) is 11.9 Å². The molecule has 4 aromatic rings. The fourth-order valence-electron chi connectivity index (χ4n) is 4.23. The van der Waals surface area contributed by atoms with Crippen molar-refractivity contribution in [1.29, 1.82) is 0 Å². The van der Waals surface area contributed by atoms with Crippen LogP contribution in [0.1, 0.15) is 16.7 Å². The van der Waals surface area contributed by atoms with Crippen molar-refractivity contribution in [2.75, 3.05) is 0 Å². The number of nitrogens with zero attached hydrogens (tertiary/aromatic N) is 2. The summed E-state index contributed by atoms with van der Waals surface area (Å²) in [5, 5.41) is 2.24. The van der Waals surface area contributed by atoms with Crippen LogP contribution in [0.15, 0.2) is 108 Å². The molecule has 1 heterocycles. The molecule has 4 heteroatoms. The van der Waals surface area contributed by atoms with Crippen LogP contribution in [0.5, 0.6) is 0 Å². The largest absolute Gasteiger partial charge is 0.369 e. The normalized spacial score (nSPS) is 15.4. The molecule has 4 nitrogen and oxygen atoms in total. The summed E-state index contributed by atoms with van der Waals surface area (Å²) in [5.41, 5.74) is 7.86. The SMILES string of the molecule is NC1=NC(c2ccccc2)(c2ccccc2)C(=O)N1Cc1cccc2ccccc12. The zero-order valence-corrected chi connectivity index (χ0v) is 16.4. The molecule has 0 radical (unpaired) electrons. The Morgan fingerprint density at radius 1 is 0.733 bits per heavy atom. The van der Waals surface area contributed by atoms with E-state index in [0.29, 0.717) is 6.54 Å². The van der Waals surface area contributed by atoms with Crippen LogP contribution in [-0.4, -0.2) is 16.8 Å². The minimum atomic E-state index is -1.17. The Balaban J connectivity index is 1.62. The predicted molar refractivity (Wildman–Crippen MR) is 120 cm³/mol. The van der Waals surface area contributed by atoms with Crippen LogP contribution < -0.4 is 5.73 Å². The highest BCUT2D eigenvalue weighted by Gasteiger charge is 2.50. The van der Waals surface area contributed by atoms with E-state index in [1.54, 1.807) is 4.90 Å². The van der Waals surface area contributed by atoms with Crippen molar-refractivity contribution in [3.63, 3.8) is 0 Å². The summed E-state index contributed by atoms with van der Waals surface area (Å²) >= 11 is 0. The van der Waals surface area contributed by atoms with E-state index >= 15 is 0 Å². The molecule has 4 aromatic carbocycles. The number of carbonyl (C=O) groups is 1. The van der Waals surface area contributed by atoms with E-state index in [9.17, 15) is 4.79 Å². The number of amides is 1. The van der Waals surface area contributed by atoms with Gasteiger partial charge >= 0.3 is 0 Å². The quantitative estimate of drug-likeness (QED) is 0.559. The van der Waals surface area contributed by atoms with Gasteiger partial charge in [0.1, 0.15) is 0 Å². The van der Waals surface area contributed by atoms with Crippen LogP contribution in [0.25, 0.3) is 10.8 Å². The van der Waals surface area contributed by atoms with Gasteiger partial charge in [-0.25, -0.2) is 4.99 Å². The van der Waals surface area contributed by atoms with Gasteiger partial charge in [-0.15, -0.1) is 0 Å². The molecule has 0 unspecified atom stereocenters. The minimum absolute atomic E-state index is 0.134. The molecule has 0 aromatic heterocycles. The first-order valence-electron chi connectivity index (χ1n) is 9.95. The average molecular weight is 391 g/mol. The van der Waals surface area contributed by atoms with Crippen molar-refractivity contribution in [1.82, 2.24) is 4.90 Å². The van der Waals surface area contributed by atoms with Gasteiger partial charge in [-0.3, -0.25) is 9.69 Å². The smallest absolute Gasteiger partial charge is 0.266 e. The van der Waals surface area contributed by atoms with Crippen molar-refractivity contribution in [2.45, 2.75) is 12.1 Å². The Hall–Kier alpha value is -3.92. The molecular formula is C26H21N3O. The first-order chi connectivity index (χ1) is 14.7. The van der Waals surface area contributed by atoms with Gasteiger partial charge in [-0.2, -0.15) is 0 Å². The zero-order chi connectivity index (χ0) is 20.6. The summed E-state index contributed by atoms with van der Waals surface area (Å²) in [6.07, 6.45) is 0. The summed E-state index contributed by atoms with van der Waals surface area (Å²) in [4.78, 5) is 20.3. The molecule has 0 aliphatic carbocycles. The molecule has 2 N–H and O–H groups in total. The van der Waals surface area contributed by atoms with Gasteiger partial charge in [0.2, 0.25) is 0 Å². The summed E-state index contributed by atoms with van der Waals surface area (Å²) in [6.45, 7) is 0.372. The highest BCUT2D eigenvalue weighted by molar-refractivity contribution is 6.09. The van der Waals surface area contributed by atoms with Crippen molar-refractivity contribution < 1.29 is 4.79 Å². The van der Waals surface area contributed by atoms with Crippen LogP contribution in [0.3, 0.4) is 0 Å². The molecule has 5 rings (SSSR count). The van der Waals surface area contributed by atoms with Gasteiger partial charge in [0.25, 0.3) is 5.91 Å². The molecule has 0 spiro atoms. The standard InChI is InChI=1S/C26H21N3O/c27-25-28-26(21-13-3-1-4-14-21,22-15-5-2-6-16-22)24(30)29(25)18-20-12-9-11-19-10-7-8-17-23(19)20/h1-17H,18H2,(H2,27,28). The second kappa shape index (κ2) is 7.16. The first kappa shape index (κ1) is 18.1. The number of aliphatic imine (C=N–C) groups is 1. The maximum absolute atomic E-state index is 13.9. The number of carbonyl (C=O) groups excluding carboxylic acids is 1. The summed E-state index contributed by atoms with van der Waals surface area (Å²) in [6, 6.07) is 33.6. The topological polar surface area (TPSA) is 58.7 Å². The molecule has 1 aliphatic heterocycles. The second-order valence-corrected chi connectivity index (χ2v) is 7.44. The fraction of sp³-hybridized carbons (Fsp3) is 0.0769. The number of fused-ring (bicyclic) bond motifs is 1. The number of nitrogens with two attached hydrogens (primary N) is 1.